The van der Waals surface area contributed by atoms with Gasteiger partial charge in [0.05, 0.1) is 0 Å². The highest BCUT2D eigenvalue weighted by atomic mass is 16.1. The Bertz CT molecular complexity index is 250. The Kier molecular flexibility index (Phi) is 10.8. The van der Waals surface area contributed by atoms with Crippen LogP contribution in [0.3, 0.4) is 0 Å². The van der Waals surface area contributed by atoms with Crippen LogP contribution in [0.25, 0.3) is 0 Å². The summed E-state index contributed by atoms with van der Waals surface area (Å²) < 4.78 is 0. The Labute approximate surface area is 132 Å². The fraction of sp³-hybridized carbons (Fsp3) is 0.944. The minimum absolute atomic E-state index is 0.453. The highest BCUT2D eigenvalue weighted by molar-refractivity contribution is 5.79. The topological polar surface area (TPSA) is 23.6 Å². The number of hydrogen-bond acceptors (Lipinski definition) is 3. The molecular weight excluding hydrogens is 260 g/mol. The molecule has 3 heteroatoms. The van der Waals surface area contributed by atoms with Crippen molar-refractivity contribution in [2.24, 2.45) is 0 Å². The van der Waals surface area contributed by atoms with Crippen LogP contribution in [0.2, 0.25) is 0 Å². The molecule has 0 saturated carbocycles. The molecule has 0 aliphatic carbocycles. The monoisotopic (exact) mass is 296 g/mol. The van der Waals surface area contributed by atoms with Crippen LogP contribution in [0.4, 0.5) is 0 Å². The predicted molar refractivity (Wildman–Crippen MR) is 90.8 cm³/mol. The predicted octanol–water partition coefficient (Wildman–Crippen LogP) is 3.72. The maximum Gasteiger partial charge on any atom is 0.135 e. The van der Waals surface area contributed by atoms with Crippen LogP contribution < -0.4 is 0 Å². The lowest BCUT2D eigenvalue weighted by atomic mass is 10.1. The van der Waals surface area contributed by atoms with E-state index in [2.05, 4.69) is 23.6 Å². The van der Waals surface area contributed by atoms with Crippen molar-refractivity contribution in [1.29, 1.82) is 0 Å². The largest absolute Gasteiger partial charge is 0.303 e. The van der Waals surface area contributed by atoms with Gasteiger partial charge in [-0.15, -0.1) is 0 Å². The van der Waals surface area contributed by atoms with Crippen molar-refractivity contribution in [2.75, 3.05) is 39.3 Å². The SMILES string of the molecule is CCCCN(CCCC)CCCCCN1CCC(=O)CC1. The van der Waals surface area contributed by atoms with Crippen molar-refractivity contribution >= 4 is 5.78 Å². The molecule has 0 atom stereocenters. The lowest BCUT2D eigenvalue weighted by molar-refractivity contribution is -0.121. The van der Waals surface area contributed by atoms with Gasteiger partial charge in [0.15, 0.2) is 0 Å². The molecular formula is C18H36N2O. The summed E-state index contributed by atoms with van der Waals surface area (Å²) in [6, 6.07) is 0. The van der Waals surface area contributed by atoms with Crippen molar-refractivity contribution in [3.63, 3.8) is 0 Å². The van der Waals surface area contributed by atoms with E-state index in [1.165, 1.54) is 71.1 Å². The molecule has 1 aliphatic rings. The van der Waals surface area contributed by atoms with Crippen LogP contribution in [0.5, 0.6) is 0 Å². The Morgan fingerprint density at radius 1 is 0.857 bits per heavy atom. The van der Waals surface area contributed by atoms with Gasteiger partial charge in [0, 0.05) is 25.9 Å². The number of carbonyl (C=O) groups is 1. The maximum atomic E-state index is 11.2. The first-order chi connectivity index (χ1) is 10.3. The number of likely N-dealkylation sites (tertiary alicyclic amines) is 1. The molecule has 1 aliphatic heterocycles. The Hall–Kier alpha value is -0.410. The molecule has 0 aromatic heterocycles. The lowest BCUT2D eigenvalue weighted by Gasteiger charge is -2.26. The number of rotatable bonds is 12. The summed E-state index contributed by atoms with van der Waals surface area (Å²) >= 11 is 0. The quantitative estimate of drug-likeness (QED) is 0.513. The highest BCUT2D eigenvalue weighted by Crippen LogP contribution is 2.08. The summed E-state index contributed by atoms with van der Waals surface area (Å²) in [6.45, 7) is 11.6. The molecule has 0 radical (unpaired) electrons. The smallest absolute Gasteiger partial charge is 0.135 e. The fourth-order valence-electron chi connectivity index (χ4n) is 2.97. The highest BCUT2D eigenvalue weighted by Gasteiger charge is 2.15. The summed E-state index contributed by atoms with van der Waals surface area (Å²) in [5.41, 5.74) is 0. The Morgan fingerprint density at radius 2 is 1.43 bits per heavy atom. The summed E-state index contributed by atoms with van der Waals surface area (Å²) in [5.74, 6) is 0.453. The van der Waals surface area contributed by atoms with E-state index in [-0.39, 0.29) is 0 Å². The van der Waals surface area contributed by atoms with Gasteiger partial charge in [-0.3, -0.25) is 4.79 Å². The van der Waals surface area contributed by atoms with Gasteiger partial charge in [-0.2, -0.15) is 0 Å². The van der Waals surface area contributed by atoms with E-state index < -0.39 is 0 Å². The van der Waals surface area contributed by atoms with Crippen molar-refractivity contribution in [3.05, 3.63) is 0 Å². The summed E-state index contributed by atoms with van der Waals surface area (Å²) in [4.78, 5) is 16.3. The molecule has 124 valence electrons. The first kappa shape index (κ1) is 18.6. The third-order valence-corrected chi connectivity index (χ3v) is 4.52. The average molecular weight is 296 g/mol. The molecule has 1 heterocycles. The maximum absolute atomic E-state index is 11.2. The third kappa shape index (κ3) is 9.26. The van der Waals surface area contributed by atoms with E-state index in [1.807, 2.05) is 0 Å². The number of piperidine rings is 1. The van der Waals surface area contributed by atoms with Crippen LogP contribution in [0.1, 0.15) is 71.6 Å². The summed E-state index contributed by atoms with van der Waals surface area (Å²) in [6.07, 6.45) is 10.8. The van der Waals surface area contributed by atoms with Crippen LogP contribution in [0.15, 0.2) is 0 Å². The van der Waals surface area contributed by atoms with Gasteiger partial charge in [0.25, 0.3) is 0 Å². The van der Waals surface area contributed by atoms with Crippen molar-refractivity contribution in [1.82, 2.24) is 9.80 Å². The number of Topliss-reactive ketones (excluding diaryl/α,β-unsaturated/α-hetero) is 1. The van der Waals surface area contributed by atoms with Gasteiger partial charge in [0.2, 0.25) is 0 Å². The molecule has 0 bridgehead atoms. The number of unbranched alkanes of at least 4 members (excludes halogenated alkanes) is 4. The van der Waals surface area contributed by atoms with Crippen LogP contribution >= 0.6 is 0 Å². The van der Waals surface area contributed by atoms with E-state index in [1.54, 1.807) is 0 Å². The van der Waals surface area contributed by atoms with E-state index in [4.69, 9.17) is 0 Å². The standard InChI is InChI=1S/C18H36N2O/c1-3-5-12-19(13-6-4-2)14-8-7-9-15-20-16-10-18(21)11-17-20/h3-17H2,1-2H3. The fourth-order valence-corrected chi connectivity index (χ4v) is 2.97. The van der Waals surface area contributed by atoms with Gasteiger partial charge in [-0.25, -0.2) is 0 Å². The first-order valence-corrected chi connectivity index (χ1v) is 9.22. The molecule has 0 aromatic carbocycles. The lowest BCUT2D eigenvalue weighted by Crippen LogP contribution is -2.34. The molecule has 1 rings (SSSR count). The molecule has 0 N–H and O–H groups in total. The van der Waals surface area contributed by atoms with E-state index in [0.29, 0.717) is 5.78 Å². The zero-order valence-electron chi connectivity index (χ0n) is 14.4. The van der Waals surface area contributed by atoms with Crippen molar-refractivity contribution in [3.8, 4) is 0 Å². The molecule has 0 amide bonds. The van der Waals surface area contributed by atoms with Gasteiger partial charge in [-0.05, 0) is 51.9 Å². The molecule has 0 spiro atoms. The number of nitrogens with zero attached hydrogens (tertiary/aromatic N) is 2. The number of ketones is 1. The van der Waals surface area contributed by atoms with Crippen LogP contribution in [0, 0.1) is 0 Å². The summed E-state index contributed by atoms with van der Waals surface area (Å²) in [7, 11) is 0. The minimum atomic E-state index is 0.453. The average Bonchev–Trinajstić information content (AvgIpc) is 2.50. The molecule has 21 heavy (non-hydrogen) atoms. The van der Waals surface area contributed by atoms with Crippen LogP contribution in [-0.2, 0) is 4.79 Å². The number of carbonyl (C=O) groups excluding carboxylic acids is 1. The van der Waals surface area contributed by atoms with E-state index in [9.17, 15) is 4.79 Å². The van der Waals surface area contributed by atoms with E-state index in [0.717, 1.165) is 25.9 Å². The second-order valence-corrected chi connectivity index (χ2v) is 6.49. The Morgan fingerprint density at radius 3 is 2.00 bits per heavy atom. The molecule has 0 unspecified atom stereocenters. The molecule has 0 aromatic rings. The zero-order chi connectivity index (χ0) is 15.3. The third-order valence-electron chi connectivity index (χ3n) is 4.52. The van der Waals surface area contributed by atoms with Gasteiger partial charge < -0.3 is 9.80 Å². The molecule has 1 fully saturated rings. The van der Waals surface area contributed by atoms with Crippen molar-refractivity contribution < 1.29 is 4.79 Å². The van der Waals surface area contributed by atoms with Crippen molar-refractivity contribution in [2.45, 2.75) is 71.6 Å². The van der Waals surface area contributed by atoms with Crippen LogP contribution in [-0.4, -0.2) is 54.9 Å². The second-order valence-electron chi connectivity index (χ2n) is 6.49. The molecule has 3 nitrogen and oxygen atoms in total. The summed E-state index contributed by atoms with van der Waals surface area (Å²) in [5, 5.41) is 0. The minimum Gasteiger partial charge on any atom is -0.303 e. The Balaban J connectivity index is 2.03. The first-order valence-electron chi connectivity index (χ1n) is 9.22. The van der Waals surface area contributed by atoms with Gasteiger partial charge >= 0.3 is 0 Å². The zero-order valence-corrected chi connectivity index (χ0v) is 14.4. The second kappa shape index (κ2) is 12.2. The normalized spacial score (nSPS) is 16.8. The molecule has 1 saturated heterocycles. The van der Waals surface area contributed by atoms with Gasteiger partial charge in [0.1, 0.15) is 5.78 Å². The van der Waals surface area contributed by atoms with E-state index >= 15 is 0 Å². The number of hydrogen-bond donors (Lipinski definition) is 0. The van der Waals surface area contributed by atoms with Gasteiger partial charge in [-0.1, -0.05) is 33.1 Å².